The van der Waals surface area contributed by atoms with Crippen LogP contribution in [0.25, 0.3) is 0 Å². The molecule has 0 unspecified atom stereocenters. The number of carbonyl (C=O) groups excluding carboxylic acids is 2. The van der Waals surface area contributed by atoms with Gasteiger partial charge in [-0.1, -0.05) is 44.2 Å². The second-order valence-corrected chi connectivity index (χ2v) is 12.8. The number of nitrogens with one attached hydrogen (secondary N) is 2. The smallest absolute Gasteiger partial charge is 0.444 e. The molecule has 2 amide bonds. The number of alkyl carbamates (subject to hydrolysis) is 1. The molecule has 35 heavy (non-hydrogen) atoms. The van der Waals surface area contributed by atoms with Crippen LogP contribution in [0.1, 0.15) is 72.8 Å². The fourth-order valence-corrected chi connectivity index (χ4v) is 6.49. The van der Waals surface area contributed by atoms with E-state index in [9.17, 15) is 9.59 Å². The number of hydrogen-bond acceptors (Lipinski definition) is 5. The summed E-state index contributed by atoms with van der Waals surface area (Å²) in [6, 6.07) is 10.1. The van der Waals surface area contributed by atoms with Gasteiger partial charge >= 0.3 is 13.2 Å². The van der Waals surface area contributed by atoms with Gasteiger partial charge in [0.2, 0.25) is 5.91 Å². The average Bonchev–Trinajstić information content (AvgIpc) is 3.44. The van der Waals surface area contributed by atoms with Crippen LogP contribution in [0.4, 0.5) is 4.79 Å². The Balaban J connectivity index is 1.32. The maximum atomic E-state index is 13.5. The van der Waals surface area contributed by atoms with Crippen LogP contribution >= 0.6 is 0 Å². The fourth-order valence-electron chi connectivity index (χ4n) is 6.49. The minimum absolute atomic E-state index is 0.0363. The molecule has 1 aromatic rings. The lowest BCUT2D eigenvalue weighted by molar-refractivity contribution is -0.199. The Bertz CT molecular complexity index is 989. The predicted molar refractivity (Wildman–Crippen MR) is 134 cm³/mol. The first kappa shape index (κ1) is 24.6. The van der Waals surface area contributed by atoms with Gasteiger partial charge in [0.05, 0.1) is 17.6 Å². The van der Waals surface area contributed by atoms with Crippen LogP contribution < -0.4 is 10.6 Å². The molecule has 190 valence electrons. The maximum absolute atomic E-state index is 13.5. The van der Waals surface area contributed by atoms with E-state index in [1.54, 1.807) is 0 Å². The lowest BCUT2D eigenvalue weighted by atomic mass is 9.43. The van der Waals surface area contributed by atoms with Gasteiger partial charge in [-0.05, 0) is 82.6 Å². The van der Waals surface area contributed by atoms with Crippen LogP contribution in [0.2, 0.25) is 0 Å². The number of benzene rings is 1. The fraction of sp³-hybridized carbons (Fsp3) is 0.704. The highest BCUT2D eigenvalue weighted by molar-refractivity contribution is 6.48. The third-order valence-electron chi connectivity index (χ3n) is 8.84. The Morgan fingerprint density at radius 3 is 2.43 bits per heavy atom. The van der Waals surface area contributed by atoms with E-state index in [-0.39, 0.29) is 29.0 Å². The summed E-state index contributed by atoms with van der Waals surface area (Å²) in [5.41, 5.74) is -0.570. The highest BCUT2D eigenvalue weighted by Crippen LogP contribution is 2.65. The van der Waals surface area contributed by atoms with Crippen molar-refractivity contribution < 1.29 is 23.6 Å². The van der Waals surface area contributed by atoms with Crippen molar-refractivity contribution >= 4 is 19.1 Å². The Labute approximate surface area is 209 Å². The van der Waals surface area contributed by atoms with Crippen LogP contribution in [0, 0.1) is 17.3 Å². The summed E-state index contributed by atoms with van der Waals surface area (Å²) < 4.78 is 18.6. The minimum Gasteiger partial charge on any atom is -0.444 e. The second-order valence-electron chi connectivity index (χ2n) is 12.8. The molecule has 5 fully saturated rings. The van der Waals surface area contributed by atoms with Gasteiger partial charge in [0.15, 0.2) is 0 Å². The number of carbonyl (C=O) groups is 2. The molecule has 5 aliphatic rings. The van der Waals surface area contributed by atoms with Crippen molar-refractivity contribution in [1.29, 1.82) is 0 Å². The summed E-state index contributed by atoms with van der Waals surface area (Å²) in [4.78, 5) is 25.9. The normalized spacial score (nSPS) is 32.6. The SMILES string of the molecule is CC(C)(C)OC(=O)NC1(C(=O)N[C@@H](Cc2ccccc2)B2O[C@@H]3C[C@@H]4C[C@@H](C4(C)C)[C@]3(C)O2)CC1. The Morgan fingerprint density at radius 1 is 1.14 bits per heavy atom. The van der Waals surface area contributed by atoms with Crippen molar-refractivity contribution in [3.05, 3.63) is 35.9 Å². The summed E-state index contributed by atoms with van der Waals surface area (Å²) in [5, 5.41) is 6.01. The lowest BCUT2D eigenvalue weighted by Gasteiger charge is -2.64. The molecule has 7 nitrogen and oxygen atoms in total. The van der Waals surface area contributed by atoms with Crippen molar-refractivity contribution in [3.8, 4) is 0 Å². The molecule has 1 aliphatic heterocycles. The highest BCUT2D eigenvalue weighted by Gasteiger charge is 2.68. The first-order valence-electron chi connectivity index (χ1n) is 13.0. The van der Waals surface area contributed by atoms with Gasteiger partial charge in [-0.3, -0.25) is 4.79 Å². The molecule has 0 spiro atoms. The van der Waals surface area contributed by atoms with E-state index in [4.69, 9.17) is 14.0 Å². The first-order chi connectivity index (χ1) is 16.3. The standard InChI is InChI=1S/C27H39BN2O5/c1-24(2,3)33-23(32)30-27(12-13-27)22(31)29-21(14-17-10-8-7-9-11-17)28-34-20-16-18-15-19(25(18,4)5)26(20,6)35-28/h7-11,18-21H,12-16H2,1-6H3,(H,29,31)(H,30,32)/t18-,19-,20+,21-,26-/m0/s1. The molecule has 2 N–H and O–H groups in total. The molecule has 2 bridgehead atoms. The van der Waals surface area contributed by atoms with E-state index < -0.39 is 24.4 Å². The van der Waals surface area contributed by atoms with E-state index in [0.29, 0.717) is 31.1 Å². The van der Waals surface area contributed by atoms with E-state index in [1.807, 2.05) is 39.0 Å². The zero-order valence-corrected chi connectivity index (χ0v) is 21.9. The van der Waals surface area contributed by atoms with Crippen LogP contribution in [0.5, 0.6) is 0 Å². The zero-order valence-electron chi connectivity index (χ0n) is 21.9. The van der Waals surface area contributed by atoms with Crippen molar-refractivity contribution in [2.75, 3.05) is 0 Å². The molecule has 6 rings (SSSR count). The summed E-state index contributed by atoms with van der Waals surface area (Å²) in [7, 11) is -0.540. The first-order valence-corrected chi connectivity index (χ1v) is 13.0. The lowest BCUT2D eigenvalue weighted by Crippen LogP contribution is -2.65. The minimum atomic E-state index is -0.934. The van der Waals surface area contributed by atoms with E-state index in [0.717, 1.165) is 12.0 Å². The van der Waals surface area contributed by atoms with Crippen molar-refractivity contribution in [2.24, 2.45) is 17.3 Å². The summed E-state index contributed by atoms with van der Waals surface area (Å²) in [5.74, 6) is 0.523. The molecule has 0 aromatic heterocycles. The largest absolute Gasteiger partial charge is 0.482 e. The highest BCUT2D eigenvalue weighted by atomic mass is 16.7. The molecule has 4 saturated carbocycles. The molecular formula is C27H39BN2O5. The number of amides is 2. The zero-order chi connectivity index (χ0) is 25.2. The van der Waals surface area contributed by atoms with Gasteiger partial charge in [0.1, 0.15) is 11.1 Å². The predicted octanol–water partition coefficient (Wildman–Crippen LogP) is 4.04. The van der Waals surface area contributed by atoms with E-state index in [2.05, 4.69) is 43.5 Å². The third kappa shape index (κ3) is 4.48. The van der Waals surface area contributed by atoms with Crippen LogP contribution in [-0.4, -0.2) is 47.9 Å². The number of hydrogen-bond donors (Lipinski definition) is 2. The van der Waals surface area contributed by atoms with Gasteiger partial charge in [0, 0.05) is 0 Å². The van der Waals surface area contributed by atoms with Crippen LogP contribution in [0.3, 0.4) is 0 Å². The Kier molecular flexibility index (Phi) is 5.80. The third-order valence-corrected chi connectivity index (χ3v) is 8.84. The molecular weight excluding hydrogens is 443 g/mol. The quantitative estimate of drug-likeness (QED) is 0.598. The van der Waals surface area contributed by atoms with Gasteiger partial charge in [0.25, 0.3) is 0 Å². The van der Waals surface area contributed by atoms with E-state index in [1.165, 1.54) is 6.42 Å². The Hall–Kier alpha value is -2.06. The number of rotatable bonds is 6. The maximum Gasteiger partial charge on any atom is 0.482 e. The monoisotopic (exact) mass is 482 g/mol. The van der Waals surface area contributed by atoms with Gasteiger partial charge < -0.3 is 24.7 Å². The molecule has 1 saturated heterocycles. The van der Waals surface area contributed by atoms with Crippen LogP contribution in [0.15, 0.2) is 30.3 Å². The molecule has 0 radical (unpaired) electrons. The molecule has 1 heterocycles. The average molecular weight is 482 g/mol. The van der Waals surface area contributed by atoms with Gasteiger partial charge in [-0.25, -0.2) is 4.79 Å². The molecule has 1 aromatic carbocycles. The summed E-state index contributed by atoms with van der Waals surface area (Å²) in [6.45, 7) is 12.3. The number of ether oxygens (including phenoxy) is 1. The van der Waals surface area contributed by atoms with Gasteiger partial charge in [-0.15, -0.1) is 0 Å². The summed E-state index contributed by atoms with van der Waals surface area (Å²) in [6.07, 6.45) is 3.39. The molecule has 8 heteroatoms. The Morgan fingerprint density at radius 2 is 1.83 bits per heavy atom. The van der Waals surface area contributed by atoms with Crippen molar-refractivity contribution in [2.45, 2.75) is 102 Å². The molecule has 4 aliphatic carbocycles. The van der Waals surface area contributed by atoms with Crippen molar-refractivity contribution in [1.82, 2.24) is 10.6 Å². The van der Waals surface area contributed by atoms with Crippen LogP contribution in [-0.2, 0) is 25.3 Å². The van der Waals surface area contributed by atoms with Gasteiger partial charge in [-0.2, -0.15) is 0 Å². The van der Waals surface area contributed by atoms with E-state index >= 15 is 0 Å². The second kappa shape index (κ2) is 8.24. The van der Waals surface area contributed by atoms with Crippen molar-refractivity contribution in [3.63, 3.8) is 0 Å². The topological polar surface area (TPSA) is 85.9 Å². The summed E-state index contributed by atoms with van der Waals surface area (Å²) >= 11 is 0. The molecule has 5 atom stereocenters.